The number of aromatic nitrogens is 2. The first-order chi connectivity index (χ1) is 9.97. The molecule has 0 spiro atoms. The number of hydrogen-bond acceptors (Lipinski definition) is 4. The maximum absolute atomic E-state index is 11.8. The number of carbonyl (C=O) groups is 1. The van der Waals surface area contributed by atoms with E-state index in [4.69, 9.17) is 4.74 Å². The second-order valence-corrected chi connectivity index (χ2v) is 6.14. The zero-order valence-corrected chi connectivity index (χ0v) is 13.8. The van der Waals surface area contributed by atoms with E-state index in [0.717, 1.165) is 15.4 Å². The molecule has 0 fully saturated rings. The fourth-order valence-electron chi connectivity index (χ4n) is 1.72. The van der Waals surface area contributed by atoms with Gasteiger partial charge in [0.25, 0.3) is 5.91 Å². The van der Waals surface area contributed by atoms with Gasteiger partial charge in [0.05, 0.1) is 10.9 Å². The van der Waals surface area contributed by atoms with Gasteiger partial charge in [0.15, 0.2) is 6.61 Å². The molecule has 2 rings (SSSR count). The van der Waals surface area contributed by atoms with Crippen LogP contribution in [-0.2, 0) is 4.79 Å². The number of amides is 1. The maximum atomic E-state index is 11.8. The van der Waals surface area contributed by atoms with E-state index in [2.05, 4.69) is 45.1 Å². The summed E-state index contributed by atoms with van der Waals surface area (Å²) in [6.07, 6.45) is 1.43. The molecule has 0 aliphatic carbocycles. The van der Waals surface area contributed by atoms with Gasteiger partial charge in [-0.25, -0.2) is 9.97 Å². The Morgan fingerprint density at radius 3 is 2.81 bits per heavy atom. The van der Waals surface area contributed by atoms with Crippen LogP contribution >= 0.6 is 15.9 Å². The smallest absolute Gasteiger partial charge is 0.258 e. The molecule has 112 valence electrons. The molecule has 1 heterocycles. The van der Waals surface area contributed by atoms with Crippen molar-refractivity contribution in [2.75, 3.05) is 6.61 Å². The van der Waals surface area contributed by atoms with Crippen molar-refractivity contribution in [3.05, 3.63) is 29.0 Å². The molecule has 0 bridgehead atoms. The molecule has 21 heavy (non-hydrogen) atoms. The van der Waals surface area contributed by atoms with Gasteiger partial charge in [-0.05, 0) is 31.0 Å². The molecule has 1 aromatic heterocycles. The Morgan fingerprint density at radius 2 is 2.10 bits per heavy atom. The topological polar surface area (TPSA) is 64.1 Å². The number of nitrogens with one attached hydrogen (secondary N) is 1. The second kappa shape index (κ2) is 6.85. The molecule has 0 aliphatic heterocycles. The molecule has 0 saturated carbocycles. The molecule has 1 atom stereocenters. The standard InChI is InChI=1S/C15H18BrN3O2/c1-9(2)10(3)19-14(20)7-21-15-12-6-11(16)4-5-13(12)17-8-18-15/h4-6,8-10H,7H2,1-3H3,(H,19,20)/t10-/m1/s1. The third kappa shape index (κ3) is 4.14. The first-order valence-corrected chi connectivity index (χ1v) is 7.59. The molecule has 1 aromatic carbocycles. The van der Waals surface area contributed by atoms with Crippen LogP contribution in [0.4, 0.5) is 0 Å². The molecular formula is C15H18BrN3O2. The predicted molar refractivity (Wildman–Crippen MR) is 85.2 cm³/mol. The number of rotatable bonds is 5. The summed E-state index contributed by atoms with van der Waals surface area (Å²) in [7, 11) is 0. The highest BCUT2D eigenvalue weighted by Crippen LogP contribution is 2.24. The lowest BCUT2D eigenvalue weighted by atomic mass is 10.1. The molecule has 5 nitrogen and oxygen atoms in total. The summed E-state index contributed by atoms with van der Waals surface area (Å²) in [6.45, 7) is 6.03. The van der Waals surface area contributed by atoms with E-state index < -0.39 is 0 Å². The number of halogens is 1. The quantitative estimate of drug-likeness (QED) is 0.899. The minimum atomic E-state index is -0.155. The van der Waals surface area contributed by atoms with Crippen molar-refractivity contribution in [3.63, 3.8) is 0 Å². The highest BCUT2D eigenvalue weighted by molar-refractivity contribution is 9.10. The summed E-state index contributed by atoms with van der Waals surface area (Å²) in [5.74, 6) is 0.636. The van der Waals surface area contributed by atoms with E-state index in [1.165, 1.54) is 6.33 Å². The summed E-state index contributed by atoms with van der Waals surface area (Å²) < 4.78 is 6.44. The minimum Gasteiger partial charge on any atom is -0.467 e. The van der Waals surface area contributed by atoms with Crippen molar-refractivity contribution in [2.45, 2.75) is 26.8 Å². The average Bonchev–Trinajstić information content (AvgIpc) is 2.44. The summed E-state index contributed by atoms with van der Waals surface area (Å²) in [5.41, 5.74) is 0.777. The van der Waals surface area contributed by atoms with E-state index in [9.17, 15) is 4.79 Å². The van der Waals surface area contributed by atoms with Crippen LogP contribution in [-0.4, -0.2) is 28.5 Å². The normalized spacial score (nSPS) is 12.4. The van der Waals surface area contributed by atoms with E-state index in [1.807, 2.05) is 25.1 Å². The van der Waals surface area contributed by atoms with Crippen molar-refractivity contribution in [1.29, 1.82) is 0 Å². The molecular weight excluding hydrogens is 334 g/mol. The van der Waals surface area contributed by atoms with Crippen molar-refractivity contribution < 1.29 is 9.53 Å². The van der Waals surface area contributed by atoms with Crippen LogP contribution < -0.4 is 10.1 Å². The average molecular weight is 352 g/mol. The van der Waals surface area contributed by atoms with Crippen LogP contribution in [0.3, 0.4) is 0 Å². The van der Waals surface area contributed by atoms with Crippen LogP contribution in [0, 0.1) is 5.92 Å². The highest BCUT2D eigenvalue weighted by Gasteiger charge is 2.12. The van der Waals surface area contributed by atoms with E-state index >= 15 is 0 Å². The first kappa shape index (κ1) is 15.7. The highest BCUT2D eigenvalue weighted by atomic mass is 79.9. The second-order valence-electron chi connectivity index (χ2n) is 5.23. The lowest BCUT2D eigenvalue weighted by molar-refractivity contribution is -0.124. The Labute approximate surface area is 132 Å². The molecule has 1 N–H and O–H groups in total. The van der Waals surface area contributed by atoms with Gasteiger partial charge in [0.1, 0.15) is 6.33 Å². The number of ether oxygens (including phenoxy) is 1. The summed E-state index contributed by atoms with van der Waals surface area (Å²) in [6, 6.07) is 5.75. The third-order valence-electron chi connectivity index (χ3n) is 3.29. The van der Waals surface area contributed by atoms with Gasteiger partial charge in [0.2, 0.25) is 5.88 Å². The van der Waals surface area contributed by atoms with Gasteiger partial charge in [-0.15, -0.1) is 0 Å². The van der Waals surface area contributed by atoms with Gasteiger partial charge >= 0.3 is 0 Å². The summed E-state index contributed by atoms with van der Waals surface area (Å²) in [5, 5.41) is 3.67. The van der Waals surface area contributed by atoms with Gasteiger partial charge < -0.3 is 10.1 Å². The fraction of sp³-hybridized carbons (Fsp3) is 0.400. The Morgan fingerprint density at radius 1 is 1.33 bits per heavy atom. The molecule has 0 saturated heterocycles. The van der Waals surface area contributed by atoms with Crippen LogP contribution in [0.2, 0.25) is 0 Å². The first-order valence-electron chi connectivity index (χ1n) is 6.80. The van der Waals surface area contributed by atoms with Crippen LogP contribution in [0.25, 0.3) is 10.9 Å². The van der Waals surface area contributed by atoms with Gasteiger partial charge in [-0.2, -0.15) is 0 Å². The van der Waals surface area contributed by atoms with Crippen molar-refractivity contribution in [1.82, 2.24) is 15.3 Å². The van der Waals surface area contributed by atoms with Crippen LogP contribution in [0.1, 0.15) is 20.8 Å². The van der Waals surface area contributed by atoms with E-state index in [1.54, 1.807) is 0 Å². The SMILES string of the molecule is CC(C)[C@@H](C)NC(=O)COc1ncnc2ccc(Br)cc12. The number of carbonyl (C=O) groups excluding carboxylic acids is 1. The van der Waals surface area contributed by atoms with Crippen molar-refractivity contribution >= 4 is 32.7 Å². The van der Waals surface area contributed by atoms with Crippen molar-refractivity contribution in [2.24, 2.45) is 5.92 Å². The Balaban J connectivity index is 2.07. The van der Waals surface area contributed by atoms with E-state index in [0.29, 0.717) is 11.8 Å². The van der Waals surface area contributed by atoms with Crippen LogP contribution in [0.15, 0.2) is 29.0 Å². The molecule has 0 aliphatic rings. The molecule has 6 heteroatoms. The lowest BCUT2D eigenvalue weighted by Gasteiger charge is -2.17. The maximum Gasteiger partial charge on any atom is 0.258 e. The molecule has 0 radical (unpaired) electrons. The zero-order chi connectivity index (χ0) is 15.4. The van der Waals surface area contributed by atoms with Crippen LogP contribution in [0.5, 0.6) is 5.88 Å². The van der Waals surface area contributed by atoms with Crippen molar-refractivity contribution in [3.8, 4) is 5.88 Å². The lowest BCUT2D eigenvalue weighted by Crippen LogP contribution is -2.39. The summed E-state index contributed by atoms with van der Waals surface area (Å²) in [4.78, 5) is 20.1. The predicted octanol–water partition coefficient (Wildman–Crippen LogP) is 2.93. The third-order valence-corrected chi connectivity index (χ3v) is 3.78. The monoisotopic (exact) mass is 351 g/mol. The number of hydrogen-bond donors (Lipinski definition) is 1. The van der Waals surface area contributed by atoms with E-state index in [-0.39, 0.29) is 18.6 Å². The molecule has 2 aromatic rings. The zero-order valence-electron chi connectivity index (χ0n) is 12.3. The fourth-order valence-corrected chi connectivity index (χ4v) is 2.08. The number of nitrogens with zero attached hydrogens (tertiary/aromatic N) is 2. The number of fused-ring (bicyclic) bond motifs is 1. The van der Waals surface area contributed by atoms with Gasteiger partial charge in [0, 0.05) is 10.5 Å². The number of benzene rings is 1. The Hall–Kier alpha value is -1.69. The Kier molecular flexibility index (Phi) is 5.12. The van der Waals surface area contributed by atoms with Gasteiger partial charge in [-0.1, -0.05) is 29.8 Å². The molecule has 0 unspecified atom stereocenters. The minimum absolute atomic E-state index is 0.0598. The van der Waals surface area contributed by atoms with Gasteiger partial charge in [-0.3, -0.25) is 4.79 Å². The summed E-state index contributed by atoms with van der Waals surface area (Å²) >= 11 is 3.40. The Bertz CT molecular complexity index is 646. The largest absolute Gasteiger partial charge is 0.467 e. The molecule has 1 amide bonds.